The third kappa shape index (κ3) is 2.25. The van der Waals surface area contributed by atoms with Crippen molar-refractivity contribution < 1.29 is 4.92 Å². The first kappa shape index (κ1) is 11.0. The standard InChI is InChI=1S/C10H13N3O2/c1-7(2)8-5-12-6-9(8)10(3-4-11)13(14)15/h3-5,12H,1,6,11H2,2H3/b4-3-,10-9-. The van der Waals surface area contributed by atoms with Crippen LogP contribution < -0.4 is 11.1 Å². The third-order valence-corrected chi connectivity index (χ3v) is 2.07. The first-order valence-electron chi connectivity index (χ1n) is 4.43. The molecule has 0 spiro atoms. The van der Waals surface area contributed by atoms with Gasteiger partial charge in [-0.2, -0.15) is 0 Å². The summed E-state index contributed by atoms with van der Waals surface area (Å²) in [5, 5.41) is 13.7. The zero-order valence-electron chi connectivity index (χ0n) is 8.49. The smallest absolute Gasteiger partial charge is 0.276 e. The zero-order valence-corrected chi connectivity index (χ0v) is 8.49. The molecule has 1 aliphatic rings. The summed E-state index contributed by atoms with van der Waals surface area (Å²) in [5.74, 6) is 0. The van der Waals surface area contributed by atoms with Gasteiger partial charge in [-0.15, -0.1) is 0 Å². The molecular weight excluding hydrogens is 194 g/mol. The van der Waals surface area contributed by atoms with Crippen molar-refractivity contribution in [3.63, 3.8) is 0 Å². The number of nitrogens with one attached hydrogen (secondary N) is 1. The molecule has 0 aromatic carbocycles. The van der Waals surface area contributed by atoms with Crippen molar-refractivity contribution in [2.24, 2.45) is 5.73 Å². The van der Waals surface area contributed by atoms with Crippen LogP contribution in [0.15, 0.2) is 47.5 Å². The fourth-order valence-electron chi connectivity index (χ4n) is 1.41. The van der Waals surface area contributed by atoms with E-state index in [1.54, 1.807) is 6.20 Å². The summed E-state index contributed by atoms with van der Waals surface area (Å²) in [4.78, 5) is 10.4. The molecule has 1 heterocycles. The van der Waals surface area contributed by atoms with Gasteiger partial charge in [-0.1, -0.05) is 6.58 Å². The lowest BCUT2D eigenvalue weighted by Gasteiger charge is -2.03. The molecule has 0 fully saturated rings. The normalized spacial score (nSPS) is 18.6. The van der Waals surface area contributed by atoms with Crippen molar-refractivity contribution in [2.45, 2.75) is 6.92 Å². The molecule has 0 atom stereocenters. The van der Waals surface area contributed by atoms with Gasteiger partial charge >= 0.3 is 0 Å². The van der Waals surface area contributed by atoms with Crippen molar-refractivity contribution >= 4 is 0 Å². The van der Waals surface area contributed by atoms with Crippen LogP contribution in [0.1, 0.15) is 6.92 Å². The molecule has 0 saturated heterocycles. The molecule has 3 N–H and O–H groups in total. The topological polar surface area (TPSA) is 81.2 Å². The van der Waals surface area contributed by atoms with E-state index < -0.39 is 4.92 Å². The second-order valence-electron chi connectivity index (χ2n) is 3.20. The monoisotopic (exact) mass is 207 g/mol. The quantitative estimate of drug-likeness (QED) is 0.535. The van der Waals surface area contributed by atoms with Crippen LogP contribution in [0.4, 0.5) is 0 Å². The molecule has 0 aliphatic carbocycles. The Labute approximate surface area is 87.8 Å². The third-order valence-electron chi connectivity index (χ3n) is 2.07. The van der Waals surface area contributed by atoms with Crippen LogP contribution in [0.2, 0.25) is 0 Å². The molecule has 0 bridgehead atoms. The molecule has 80 valence electrons. The Kier molecular flexibility index (Phi) is 3.28. The van der Waals surface area contributed by atoms with Crippen LogP contribution in [0.3, 0.4) is 0 Å². The Morgan fingerprint density at radius 2 is 2.47 bits per heavy atom. The molecule has 15 heavy (non-hydrogen) atoms. The van der Waals surface area contributed by atoms with Gasteiger partial charge in [0.25, 0.3) is 5.70 Å². The summed E-state index contributed by atoms with van der Waals surface area (Å²) in [6.07, 6.45) is 4.18. The Bertz CT molecular complexity index is 391. The fraction of sp³-hybridized carbons (Fsp3) is 0.200. The summed E-state index contributed by atoms with van der Waals surface area (Å²) in [7, 11) is 0. The van der Waals surface area contributed by atoms with E-state index in [4.69, 9.17) is 5.73 Å². The van der Waals surface area contributed by atoms with E-state index in [1.165, 1.54) is 12.3 Å². The van der Waals surface area contributed by atoms with E-state index in [0.717, 1.165) is 11.1 Å². The molecule has 1 rings (SSSR count). The summed E-state index contributed by atoms with van der Waals surface area (Å²) in [6.45, 7) is 6.01. The van der Waals surface area contributed by atoms with Gasteiger partial charge in [-0.25, -0.2) is 0 Å². The molecule has 0 saturated carbocycles. The van der Waals surface area contributed by atoms with Gasteiger partial charge in [0, 0.05) is 30.6 Å². The van der Waals surface area contributed by atoms with Crippen molar-refractivity contribution in [3.8, 4) is 0 Å². The Hall–Kier alpha value is -2.04. The van der Waals surface area contributed by atoms with Crippen LogP contribution in [0, 0.1) is 10.1 Å². The van der Waals surface area contributed by atoms with Crippen molar-refractivity contribution in [1.82, 2.24) is 5.32 Å². The van der Waals surface area contributed by atoms with Crippen LogP contribution in [-0.2, 0) is 0 Å². The first-order chi connectivity index (χ1) is 7.07. The maximum atomic E-state index is 10.8. The Morgan fingerprint density at radius 3 is 2.93 bits per heavy atom. The minimum atomic E-state index is -0.442. The highest BCUT2D eigenvalue weighted by atomic mass is 16.6. The average Bonchev–Trinajstić information content (AvgIpc) is 2.61. The molecule has 5 nitrogen and oxygen atoms in total. The summed E-state index contributed by atoms with van der Waals surface area (Å²) in [6, 6.07) is 0. The molecule has 1 aliphatic heterocycles. The molecular formula is C10H13N3O2. The number of hydrogen-bond donors (Lipinski definition) is 2. The van der Waals surface area contributed by atoms with Crippen molar-refractivity contribution in [3.05, 3.63) is 57.6 Å². The SMILES string of the molecule is C=C(C)C1=CNC/C1=C(\C=C/N)[N+](=O)[O-]. The Morgan fingerprint density at radius 1 is 1.80 bits per heavy atom. The molecule has 0 aromatic heterocycles. The van der Waals surface area contributed by atoms with Crippen LogP contribution in [0.5, 0.6) is 0 Å². The van der Waals surface area contributed by atoms with Gasteiger partial charge in [-0.05, 0) is 12.5 Å². The molecule has 0 aromatic rings. The highest BCUT2D eigenvalue weighted by Gasteiger charge is 2.22. The second kappa shape index (κ2) is 4.45. The number of nitrogens with zero attached hydrogens (tertiary/aromatic N) is 1. The van der Waals surface area contributed by atoms with Crippen LogP contribution in [-0.4, -0.2) is 11.5 Å². The first-order valence-corrected chi connectivity index (χ1v) is 4.43. The highest BCUT2D eigenvalue weighted by Crippen LogP contribution is 2.24. The zero-order chi connectivity index (χ0) is 11.4. The van der Waals surface area contributed by atoms with Gasteiger partial charge in [0.1, 0.15) is 0 Å². The fourth-order valence-corrected chi connectivity index (χ4v) is 1.41. The van der Waals surface area contributed by atoms with E-state index in [2.05, 4.69) is 11.9 Å². The minimum Gasteiger partial charge on any atom is -0.404 e. The molecule has 5 heteroatoms. The Balaban J connectivity index is 3.22. The van der Waals surface area contributed by atoms with Gasteiger partial charge in [-0.3, -0.25) is 10.1 Å². The summed E-state index contributed by atoms with van der Waals surface area (Å²) < 4.78 is 0. The second-order valence-corrected chi connectivity index (χ2v) is 3.20. The number of nitro groups is 1. The minimum absolute atomic E-state index is 0.0109. The van der Waals surface area contributed by atoms with Gasteiger partial charge in [0.15, 0.2) is 0 Å². The van der Waals surface area contributed by atoms with Gasteiger partial charge < -0.3 is 11.1 Å². The van der Waals surface area contributed by atoms with E-state index in [9.17, 15) is 10.1 Å². The van der Waals surface area contributed by atoms with E-state index in [1.807, 2.05) is 6.92 Å². The van der Waals surface area contributed by atoms with Crippen molar-refractivity contribution in [1.29, 1.82) is 0 Å². The molecule has 0 amide bonds. The van der Waals surface area contributed by atoms with E-state index >= 15 is 0 Å². The van der Waals surface area contributed by atoms with Gasteiger partial charge in [0.2, 0.25) is 0 Å². The average molecular weight is 207 g/mol. The van der Waals surface area contributed by atoms with Crippen LogP contribution in [0.25, 0.3) is 0 Å². The maximum absolute atomic E-state index is 10.8. The van der Waals surface area contributed by atoms with Crippen LogP contribution >= 0.6 is 0 Å². The lowest BCUT2D eigenvalue weighted by Crippen LogP contribution is -2.08. The summed E-state index contributed by atoms with van der Waals surface area (Å²) in [5.41, 5.74) is 7.37. The lowest BCUT2D eigenvalue weighted by molar-refractivity contribution is -0.420. The number of allylic oxidation sites excluding steroid dienone is 2. The van der Waals surface area contributed by atoms with E-state index in [-0.39, 0.29) is 5.70 Å². The largest absolute Gasteiger partial charge is 0.404 e. The summed E-state index contributed by atoms with van der Waals surface area (Å²) >= 11 is 0. The number of rotatable bonds is 3. The predicted octanol–water partition coefficient (Wildman–Crippen LogP) is 1.05. The number of nitrogens with two attached hydrogens (primary N) is 1. The molecule has 0 unspecified atom stereocenters. The lowest BCUT2D eigenvalue weighted by atomic mass is 10.0. The number of hydrogen-bond acceptors (Lipinski definition) is 4. The van der Waals surface area contributed by atoms with Gasteiger partial charge in [0.05, 0.1) is 10.5 Å². The predicted molar refractivity (Wildman–Crippen MR) is 58.2 cm³/mol. The molecule has 0 radical (unpaired) electrons. The highest BCUT2D eigenvalue weighted by molar-refractivity contribution is 5.51. The van der Waals surface area contributed by atoms with Crippen molar-refractivity contribution in [2.75, 3.05) is 6.54 Å². The maximum Gasteiger partial charge on any atom is 0.276 e. The van der Waals surface area contributed by atoms with E-state index in [0.29, 0.717) is 12.1 Å².